The summed E-state index contributed by atoms with van der Waals surface area (Å²) in [5.41, 5.74) is 0. The van der Waals surface area contributed by atoms with Crippen molar-refractivity contribution in [2.75, 3.05) is 13.2 Å². The molecule has 1 rings (SSSR count). The minimum absolute atomic E-state index is 0.0371. The van der Waals surface area contributed by atoms with Crippen LogP contribution in [0, 0.1) is 34.5 Å². The molecule has 4 nitrogen and oxygen atoms in total. The molecular formula is C24H42N2O2. The zero-order valence-corrected chi connectivity index (χ0v) is 18.3. The van der Waals surface area contributed by atoms with Crippen LogP contribution in [-0.4, -0.2) is 25.4 Å². The minimum atomic E-state index is -0.228. The van der Waals surface area contributed by atoms with E-state index < -0.39 is 0 Å². The van der Waals surface area contributed by atoms with E-state index in [1.54, 1.807) is 0 Å². The SMILES string of the molecule is CCCCCCCCOC1CC(C#N)C(C#N)CC1OCCCCCCCC. The zero-order chi connectivity index (χ0) is 20.5. The van der Waals surface area contributed by atoms with Gasteiger partial charge in [-0.1, -0.05) is 78.1 Å². The van der Waals surface area contributed by atoms with Gasteiger partial charge in [0.25, 0.3) is 0 Å². The molecule has 0 N–H and O–H groups in total. The summed E-state index contributed by atoms with van der Waals surface area (Å²) in [7, 11) is 0. The van der Waals surface area contributed by atoms with Crippen molar-refractivity contribution in [3.05, 3.63) is 0 Å². The third-order valence-corrected chi connectivity index (χ3v) is 5.86. The van der Waals surface area contributed by atoms with Gasteiger partial charge in [-0.2, -0.15) is 10.5 Å². The first kappa shape index (κ1) is 24.9. The predicted octanol–water partition coefficient (Wildman–Crippen LogP) is 6.55. The quantitative estimate of drug-likeness (QED) is 0.280. The molecule has 4 heteroatoms. The number of rotatable bonds is 16. The highest BCUT2D eigenvalue weighted by Gasteiger charge is 2.38. The highest BCUT2D eigenvalue weighted by molar-refractivity contribution is 5.04. The summed E-state index contributed by atoms with van der Waals surface area (Å²) in [6.45, 7) is 5.95. The maximum Gasteiger partial charge on any atom is 0.0850 e. The van der Waals surface area contributed by atoms with Crippen molar-refractivity contribution < 1.29 is 9.47 Å². The highest BCUT2D eigenvalue weighted by atomic mass is 16.5. The average molecular weight is 391 g/mol. The van der Waals surface area contributed by atoms with Crippen molar-refractivity contribution in [3.8, 4) is 12.1 Å². The summed E-state index contributed by atoms with van der Waals surface area (Å²) in [6, 6.07) is 4.64. The second-order valence-corrected chi connectivity index (χ2v) is 8.30. The van der Waals surface area contributed by atoms with E-state index in [2.05, 4.69) is 26.0 Å². The zero-order valence-electron chi connectivity index (χ0n) is 18.3. The van der Waals surface area contributed by atoms with Crippen molar-refractivity contribution in [1.29, 1.82) is 10.5 Å². The standard InChI is InChI=1S/C24H42N2O2/c1-3-5-7-9-11-13-15-27-23-17-21(19-25)22(20-26)18-24(23)28-16-14-12-10-8-6-4-2/h21-24H,3-18H2,1-2H3. The van der Waals surface area contributed by atoms with Gasteiger partial charge < -0.3 is 9.47 Å². The fourth-order valence-corrected chi connectivity index (χ4v) is 4.00. The molecule has 0 aromatic rings. The number of ether oxygens (including phenoxy) is 2. The minimum Gasteiger partial charge on any atom is -0.375 e. The van der Waals surface area contributed by atoms with Gasteiger partial charge in [0, 0.05) is 13.2 Å². The van der Waals surface area contributed by atoms with Crippen molar-refractivity contribution in [3.63, 3.8) is 0 Å². The monoisotopic (exact) mass is 390 g/mol. The Balaban J connectivity index is 2.36. The van der Waals surface area contributed by atoms with Crippen LogP contribution < -0.4 is 0 Å². The van der Waals surface area contributed by atoms with Gasteiger partial charge in [0.15, 0.2) is 0 Å². The van der Waals surface area contributed by atoms with Gasteiger partial charge in [-0.25, -0.2) is 0 Å². The van der Waals surface area contributed by atoms with Crippen molar-refractivity contribution in [1.82, 2.24) is 0 Å². The normalized spacial score (nSPS) is 24.6. The summed E-state index contributed by atoms with van der Waals surface area (Å²) >= 11 is 0. The maximum atomic E-state index is 9.41. The lowest BCUT2D eigenvalue weighted by atomic mass is 9.78. The van der Waals surface area contributed by atoms with Crippen LogP contribution in [-0.2, 0) is 9.47 Å². The van der Waals surface area contributed by atoms with E-state index in [1.807, 2.05) is 0 Å². The second-order valence-electron chi connectivity index (χ2n) is 8.30. The van der Waals surface area contributed by atoms with E-state index in [0.717, 1.165) is 26.1 Å². The molecule has 0 bridgehead atoms. The van der Waals surface area contributed by atoms with E-state index in [-0.39, 0.29) is 24.0 Å². The van der Waals surface area contributed by atoms with Crippen LogP contribution in [0.2, 0.25) is 0 Å². The molecule has 1 aliphatic rings. The van der Waals surface area contributed by atoms with Crippen LogP contribution in [0.3, 0.4) is 0 Å². The first-order valence-corrected chi connectivity index (χ1v) is 11.8. The molecule has 1 aliphatic carbocycles. The van der Waals surface area contributed by atoms with Crippen LogP contribution in [0.15, 0.2) is 0 Å². The number of nitrogens with zero attached hydrogens (tertiary/aromatic N) is 2. The van der Waals surface area contributed by atoms with E-state index in [0.29, 0.717) is 12.8 Å². The molecular weight excluding hydrogens is 348 g/mol. The van der Waals surface area contributed by atoms with Gasteiger partial charge in [-0.15, -0.1) is 0 Å². The molecule has 0 saturated heterocycles. The number of hydrogen-bond acceptors (Lipinski definition) is 4. The summed E-state index contributed by atoms with van der Waals surface area (Å²) < 4.78 is 12.3. The summed E-state index contributed by atoms with van der Waals surface area (Å²) in [5.74, 6) is -0.457. The molecule has 160 valence electrons. The molecule has 0 spiro atoms. The van der Waals surface area contributed by atoms with Crippen LogP contribution >= 0.6 is 0 Å². The highest BCUT2D eigenvalue weighted by Crippen LogP contribution is 2.33. The Bertz CT molecular complexity index is 413. The lowest BCUT2D eigenvalue weighted by molar-refractivity contribution is -0.106. The number of unbranched alkanes of at least 4 members (excludes halogenated alkanes) is 10. The van der Waals surface area contributed by atoms with Gasteiger partial charge in [0.2, 0.25) is 0 Å². The smallest absolute Gasteiger partial charge is 0.0850 e. The summed E-state index contributed by atoms with van der Waals surface area (Å²) in [6.07, 6.45) is 16.1. The largest absolute Gasteiger partial charge is 0.375 e. The van der Waals surface area contributed by atoms with E-state index >= 15 is 0 Å². The maximum absolute atomic E-state index is 9.41. The van der Waals surface area contributed by atoms with Gasteiger partial charge in [-0.05, 0) is 25.7 Å². The Morgan fingerprint density at radius 2 is 0.964 bits per heavy atom. The molecule has 0 amide bonds. The van der Waals surface area contributed by atoms with Crippen LogP contribution in [0.25, 0.3) is 0 Å². The van der Waals surface area contributed by atoms with E-state index in [9.17, 15) is 10.5 Å². The van der Waals surface area contributed by atoms with Crippen molar-refractivity contribution in [2.45, 2.75) is 116 Å². The van der Waals surface area contributed by atoms with Crippen molar-refractivity contribution in [2.24, 2.45) is 11.8 Å². The Hall–Kier alpha value is -1.10. The second kappa shape index (κ2) is 16.8. The Kier molecular flexibility index (Phi) is 15.0. The summed E-state index contributed by atoms with van der Waals surface area (Å²) in [4.78, 5) is 0. The van der Waals surface area contributed by atoms with Gasteiger partial charge in [0.05, 0.1) is 36.2 Å². The van der Waals surface area contributed by atoms with Crippen LogP contribution in [0.5, 0.6) is 0 Å². The molecule has 4 atom stereocenters. The molecule has 1 fully saturated rings. The predicted molar refractivity (Wildman–Crippen MR) is 114 cm³/mol. The average Bonchev–Trinajstić information content (AvgIpc) is 2.72. The van der Waals surface area contributed by atoms with E-state index in [4.69, 9.17) is 9.47 Å². The molecule has 28 heavy (non-hydrogen) atoms. The third-order valence-electron chi connectivity index (χ3n) is 5.86. The molecule has 0 aromatic carbocycles. The Labute approximate surface area is 173 Å². The summed E-state index contributed by atoms with van der Waals surface area (Å²) in [5, 5.41) is 18.8. The molecule has 0 aliphatic heterocycles. The lowest BCUT2D eigenvalue weighted by Gasteiger charge is -2.36. The first-order chi connectivity index (χ1) is 13.8. The molecule has 0 aromatic heterocycles. The van der Waals surface area contributed by atoms with Crippen molar-refractivity contribution >= 4 is 0 Å². The number of nitriles is 2. The van der Waals surface area contributed by atoms with Gasteiger partial charge >= 0.3 is 0 Å². The number of hydrogen-bond donors (Lipinski definition) is 0. The van der Waals surface area contributed by atoms with Gasteiger partial charge in [-0.3, -0.25) is 0 Å². The topological polar surface area (TPSA) is 66.0 Å². The molecule has 1 saturated carbocycles. The fraction of sp³-hybridized carbons (Fsp3) is 0.917. The molecule has 0 radical (unpaired) electrons. The van der Waals surface area contributed by atoms with Crippen LogP contribution in [0.1, 0.15) is 104 Å². The Morgan fingerprint density at radius 1 is 0.607 bits per heavy atom. The fourth-order valence-electron chi connectivity index (χ4n) is 4.00. The Morgan fingerprint density at radius 3 is 1.32 bits per heavy atom. The van der Waals surface area contributed by atoms with Crippen LogP contribution in [0.4, 0.5) is 0 Å². The van der Waals surface area contributed by atoms with Gasteiger partial charge in [0.1, 0.15) is 0 Å². The first-order valence-electron chi connectivity index (χ1n) is 11.8. The third kappa shape index (κ3) is 10.4. The van der Waals surface area contributed by atoms with E-state index in [1.165, 1.54) is 64.2 Å². The lowest BCUT2D eigenvalue weighted by Crippen LogP contribution is -2.42. The molecule has 4 unspecified atom stereocenters. The molecule has 0 heterocycles.